The monoisotopic (exact) mass is 186 g/mol. The lowest BCUT2D eigenvalue weighted by atomic mass is 10.2. The van der Waals surface area contributed by atoms with E-state index in [-0.39, 0.29) is 5.56 Å². The Kier molecular flexibility index (Phi) is 1.42. The number of fused-ring (bicyclic) bond motifs is 2. The average Bonchev–Trinajstić information content (AvgIpc) is 2.66. The summed E-state index contributed by atoms with van der Waals surface area (Å²) in [6, 6.07) is 9.73. The van der Waals surface area contributed by atoms with Crippen LogP contribution in [0.5, 0.6) is 0 Å². The van der Waals surface area contributed by atoms with Crippen LogP contribution >= 0.6 is 0 Å². The third-order valence-corrected chi connectivity index (χ3v) is 2.66. The van der Waals surface area contributed by atoms with Crippen molar-refractivity contribution >= 4 is 16.6 Å². The number of hydrogen-bond acceptors (Lipinski definition) is 2. The fourth-order valence-electron chi connectivity index (χ4n) is 1.96. The van der Waals surface area contributed by atoms with Gasteiger partial charge < -0.3 is 5.32 Å². The van der Waals surface area contributed by atoms with Crippen LogP contribution in [0, 0.1) is 0 Å². The van der Waals surface area contributed by atoms with Gasteiger partial charge in [-0.1, -0.05) is 18.2 Å². The van der Waals surface area contributed by atoms with E-state index >= 15 is 0 Å². The number of nitrogens with one attached hydrogen (secondary N) is 1. The van der Waals surface area contributed by atoms with Crippen molar-refractivity contribution in [3.63, 3.8) is 0 Å². The van der Waals surface area contributed by atoms with Crippen molar-refractivity contribution < 1.29 is 0 Å². The van der Waals surface area contributed by atoms with Crippen LogP contribution in [-0.2, 0) is 6.54 Å². The second kappa shape index (κ2) is 2.61. The zero-order valence-corrected chi connectivity index (χ0v) is 7.66. The van der Waals surface area contributed by atoms with Crippen molar-refractivity contribution in [1.82, 2.24) is 4.57 Å². The van der Waals surface area contributed by atoms with Gasteiger partial charge in [0.15, 0.2) is 0 Å². The van der Waals surface area contributed by atoms with Crippen LogP contribution in [0.15, 0.2) is 35.1 Å². The van der Waals surface area contributed by atoms with Gasteiger partial charge in [0.2, 0.25) is 0 Å². The number of benzene rings is 1. The van der Waals surface area contributed by atoms with Gasteiger partial charge in [-0.2, -0.15) is 0 Å². The highest BCUT2D eigenvalue weighted by Crippen LogP contribution is 2.17. The van der Waals surface area contributed by atoms with E-state index in [2.05, 4.69) is 5.32 Å². The second-order valence-corrected chi connectivity index (χ2v) is 3.50. The summed E-state index contributed by atoms with van der Waals surface area (Å²) < 4.78 is 1.79. The molecular weight excluding hydrogens is 176 g/mol. The van der Waals surface area contributed by atoms with Gasteiger partial charge in [0.25, 0.3) is 5.56 Å². The van der Waals surface area contributed by atoms with E-state index in [1.807, 2.05) is 30.3 Å². The van der Waals surface area contributed by atoms with Crippen LogP contribution in [-0.4, -0.2) is 11.1 Å². The molecule has 1 aromatic heterocycles. The van der Waals surface area contributed by atoms with E-state index in [1.54, 1.807) is 4.57 Å². The molecule has 14 heavy (non-hydrogen) atoms. The first-order valence-electron chi connectivity index (χ1n) is 4.73. The van der Waals surface area contributed by atoms with Crippen molar-refractivity contribution in [3.05, 3.63) is 40.7 Å². The molecule has 0 amide bonds. The Morgan fingerprint density at radius 3 is 3.07 bits per heavy atom. The molecule has 2 aromatic rings. The van der Waals surface area contributed by atoms with Gasteiger partial charge in [0, 0.05) is 18.5 Å². The Hall–Kier alpha value is -1.77. The van der Waals surface area contributed by atoms with Crippen molar-refractivity contribution in [2.75, 3.05) is 11.9 Å². The smallest absolute Gasteiger partial charge is 0.260 e. The van der Waals surface area contributed by atoms with Gasteiger partial charge in [-0.05, 0) is 17.5 Å². The number of rotatable bonds is 0. The summed E-state index contributed by atoms with van der Waals surface area (Å²) in [7, 11) is 0. The maximum atomic E-state index is 11.9. The first-order valence-corrected chi connectivity index (χ1v) is 4.73. The van der Waals surface area contributed by atoms with Gasteiger partial charge in [-0.3, -0.25) is 9.36 Å². The molecule has 0 aliphatic carbocycles. The maximum Gasteiger partial charge on any atom is 0.260 e. The molecule has 1 aromatic carbocycles. The van der Waals surface area contributed by atoms with Crippen molar-refractivity contribution in [2.24, 2.45) is 0 Å². The highest BCUT2D eigenvalue weighted by molar-refractivity contribution is 5.84. The van der Waals surface area contributed by atoms with Crippen LogP contribution in [0.4, 0.5) is 5.82 Å². The predicted octanol–water partition coefficient (Wildman–Crippen LogP) is 1.43. The van der Waals surface area contributed by atoms with Crippen molar-refractivity contribution in [3.8, 4) is 0 Å². The molecule has 0 spiro atoms. The lowest BCUT2D eigenvalue weighted by molar-refractivity contribution is 0.780. The fourth-order valence-corrected chi connectivity index (χ4v) is 1.96. The highest BCUT2D eigenvalue weighted by atomic mass is 16.1. The maximum absolute atomic E-state index is 11.9. The van der Waals surface area contributed by atoms with Crippen LogP contribution in [0.2, 0.25) is 0 Å². The number of anilines is 1. The number of pyridine rings is 1. The first-order chi connectivity index (χ1) is 6.86. The SMILES string of the molecule is O=c1c2ccccc2cc2n1CCN2. The number of hydrogen-bond donors (Lipinski definition) is 1. The third kappa shape index (κ3) is 0.894. The van der Waals surface area contributed by atoms with E-state index in [1.165, 1.54) is 0 Å². The molecule has 3 nitrogen and oxygen atoms in total. The Balaban J connectivity index is 2.50. The molecule has 0 unspecified atom stereocenters. The van der Waals surface area contributed by atoms with E-state index in [4.69, 9.17) is 0 Å². The molecule has 1 aliphatic heterocycles. The number of aromatic nitrogens is 1. The average molecular weight is 186 g/mol. The van der Waals surface area contributed by atoms with E-state index in [0.717, 1.165) is 29.7 Å². The minimum absolute atomic E-state index is 0.114. The summed E-state index contributed by atoms with van der Waals surface area (Å²) in [4.78, 5) is 11.9. The largest absolute Gasteiger partial charge is 0.370 e. The van der Waals surface area contributed by atoms with Crippen LogP contribution in [0.25, 0.3) is 10.8 Å². The van der Waals surface area contributed by atoms with Crippen LogP contribution < -0.4 is 10.9 Å². The molecule has 3 heteroatoms. The lowest BCUT2D eigenvalue weighted by Gasteiger charge is -2.04. The van der Waals surface area contributed by atoms with Crippen molar-refractivity contribution in [2.45, 2.75) is 6.54 Å². The van der Waals surface area contributed by atoms with E-state index < -0.39 is 0 Å². The topological polar surface area (TPSA) is 34.0 Å². The molecule has 0 fully saturated rings. The normalized spacial score (nSPS) is 14.0. The van der Waals surface area contributed by atoms with Gasteiger partial charge in [-0.25, -0.2) is 0 Å². The summed E-state index contributed by atoms with van der Waals surface area (Å²) in [5.41, 5.74) is 0.114. The fraction of sp³-hybridized carbons (Fsp3) is 0.182. The highest BCUT2D eigenvalue weighted by Gasteiger charge is 2.12. The molecule has 1 aliphatic rings. The summed E-state index contributed by atoms with van der Waals surface area (Å²) in [5, 5.41) is 5.01. The Bertz CT molecular complexity index is 557. The molecule has 0 radical (unpaired) electrons. The first kappa shape index (κ1) is 7.62. The van der Waals surface area contributed by atoms with Gasteiger partial charge in [0.1, 0.15) is 5.82 Å². The standard InChI is InChI=1S/C11H10N2O/c14-11-9-4-2-1-3-8(9)7-10-12-5-6-13(10)11/h1-4,7,12H,5-6H2. The van der Waals surface area contributed by atoms with Crippen LogP contribution in [0.3, 0.4) is 0 Å². The minimum Gasteiger partial charge on any atom is -0.370 e. The zero-order chi connectivity index (χ0) is 9.54. The molecule has 0 saturated carbocycles. The Morgan fingerprint density at radius 1 is 1.29 bits per heavy atom. The molecule has 0 bridgehead atoms. The van der Waals surface area contributed by atoms with Gasteiger partial charge in [0.05, 0.1) is 0 Å². The molecule has 0 saturated heterocycles. The Labute approximate surface area is 81.0 Å². The quantitative estimate of drug-likeness (QED) is 0.675. The zero-order valence-electron chi connectivity index (χ0n) is 7.66. The lowest BCUT2D eigenvalue weighted by Crippen LogP contribution is -2.17. The van der Waals surface area contributed by atoms with Gasteiger partial charge in [-0.15, -0.1) is 0 Å². The molecule has 2 heterocycles. The third-order valence-electron chi connectivity index (χ3n) is 2.66. The Morgan fingerprint density at radius 2 is 2.14 bits per heavy atom. The summed E-state index contributed by atoms with van der Waals surface area (Å²) in [5.74, 6) is 0.939. The summed E-state index contributed by atoms with van der Waals surface area (Å²) >= 11 is 0. The number of nitrogens with zero attached hydrogens (tertiary/aromatic N) is 1. The summed E-state index contributed by atoms with van der Waals surface area (Å²) in [6.07, 6.45) is 0. The molecule has 0 atom stereocenters. The van der Waals surface area contributed by atoms with Crippen LogP contribution in [0.1, 0.15) is 0 Å². The summed E-state index contributed by atoms with van der Waals surface area (Å²) in [6.45, 7) is 1.63. The predicted molar refractivity (Wildman–Crippen MR) is 56.7 cm³/mol. The molecular formula is C11H10N2O. The molecule has 3 rings (SSSR count). The minimum atomic E-state index is 0.114. The molecule has 1 N–H and O–H groups in total. The van der Waals surface area contributed by atoms with Crippen molar-refractivity contribution in [1.29, 1.82) is 0 Å². The van der Waals surface area contributed by atoms with E-state index in [0.29, 0.717) is 0 Å². The molecule has 70 valence electrons. The van der Waals surface area contributed by atoms with Gasteiger partial charge >= 0.3 is 0 Å². The second-order valence-electron chi connectivity index (χ2n) is 3.50. The van der Waals surface area contributed by atoms with E-state index in [9.17, 15) is 4.79 Å².